The van der Waals surface area contributed by atoms with Crippen LogP contribution in [0.5, 0.6) is 0 Å². The monoisotopic (exact) mass is 235 g/mol. The van der Waals surface area contributed by atoms with Crippen LogP contribution in [-0.2, 0) is 4.79 Å². The Morgan fingerprint density at radius 3 is 2.94 bits per heavy atom. The number of likely N-dealkylation sites (tertiary alicyclic amines) is 1. The molecule has 4 nitrogen and oxygen atoms in total. The van der Waals surface area contributed by atoms with Crippen LogP contribution in [0.15, 0.2) is 6.20 Å². The fraction of sp³-hybridized carbons (Fsp3) is 0.692. The summed E-state index contributed by atoms with van der Waals surface area (Å²) in [4.78, 5) is 14.0. The number of aromatic nitrogens is 2. The lowest BCUT2D eigenvalue weighted by Crippen LogP contribution is -2.41. The number of carbonyl (C=O) groups is 1. The van der Waals surface area contributed by atoms with Crippen LogP contribution in [0.25, 0.3) is 0 Å². The van der Waals surface area contributed by atoms with Crippen LogP contribution in [0.1, 0.15) is 43.9 Å². The second-order valence-electron chi connectivity index (χ2n) is 5.24. The van der Waals surface area contributed by atoms with Gasteiger partial charge in [0, 0.05) is 30.6 Å². The molecule has 1 aromatic heterocycles. The summed E-state index contributed by atoms with van der Waals surface area (Å²) in [5.74, 6) is 0.789. The summed E-state index contributed by atoms with van der Waals surface area (Å²) in [5.41, 5.74) is 2.40. The van der Waals surface area contributed by atoms with Gasteiger partial charge in [0.1, 0.15) is 0 Å². The predicted octanol–water partition coefficient (Wildman–Crippen LogP) is 2.08. The number of carbonyl (C=O) groups excluding carboxylic acids is 1. The summed E-state index contributed by atoms with van der Waals surface area (Å²) in [6, 6.07) is 0. The Kier molecular flexibility index (Phi) is 3.50. The van der Waals surface area contributed by atoms with Gasteiger partial charge in [-0.05, 0) is 25.3 Å². The number of hydrogen-bond acceptors (Lipinski definition) is 2. The van der Waals surface area contributed by atoms with Gasteiger partial charge < -0.3 is 4.90 Å². The number of nitrogens with zero attached hydrogens (tertiary/aromatic N) is 2. The molecule has 1 atom stereocenters. The lowest BCUT2D eigenvalue weighted by molar-refractivity contribution is -0.135. The van der Waals surface area contributed by atoms with Gasteiger partial charge in [-0.25, -0.2) is 0 Å². The molecule has 1 saturated heterocycles. The normalized spacial score (nSPS) is 20.9. The van der Waals surface area contributed by atoms with Crippen molar-refractivity contribution in [3.63, 3.8) is 0 Å². The lowest BCUT2D eigenvalue weighted by atomic mass is 9.92. The summed E-state index contributed by atoms with van der Waals surface area (Å²) in [6.07, 6.45) is 4.09. The molecule has 2 rings (SSSR count). The summed E-state index contributed by atoms with van der Waals surface area (Å²) >= 11 is 0. The van der Waals surface area contributed by atoms with Gasteiger partial charge in [0.25, 0.3) is 0 Å². The average Bonchev–Trinajstić information content (AvgIpc) is 2.74. The fourth-order valence-corrected chi connectivity index (χ4v) is 2.55. The van der Waals surface area contributed by atoms with E-state index in [-0.39, 0.29) is 11.8 Å². The van der Waals surface area contributed by atoms with E-state index >= 15 is 0 Å². The third kappa shape index (κ3) is 2.51. The Morgan fingerprint density at radius 1 is 1.59 bits per heavy atom. The first kappa shape index (κ1) is 12.1. The van der Waals surface area contributed by atoms with Crippen molar-refractivity contribution in [1.29, 1.82) is 0 Å². The molecule has 94 valence electrons. The predicted molar refractivity (Wildman–Crippen MR) is 66.7 cm³/mol. The molecule has 1 amide bonds. The molecule has 1 aromatic rings. The van der Waals surface area contributed by atoms with E-state index in [2.05, 4.69) is 17.1 Å². The molecule has 0 bridgehead atoms. The Balaban J connectivity index is 2.08. The summed E-state index contributed by atoms with van der Waals surface area (Å²) in [6.45, 7) is 7.74. The second-order valence-corrected chi connectivity index (χ2v) is 5.24. The van der Waals surface area contributed by atoms with Crippen LogP contribution in [-0.4, -0.2) is 34.1 Å². The number of rotatable bonds is 2. The fourth-order valence-electron chi connectivity index (χ4n) is 2.55. The quantitative estimate of drug-likeness (QED) is 0.853. The number of H-pyrrole nitrogens is 1. The molecule has 4 heteroatoms. The number of amides is 1. The van der Waals surface area contributed by atoms with Crippen molar-refractivity contribution in [2.75, 3.05) is 13.1 Å². The molecule has 0 saturated carbocycles. The average molecular weight is 235 g/mol. The molecule has 1 aliphatic rings. The first-order chi connectivity index (χ1) is 8.09. The molecule has 1 N–H and O–H groups in total. The minimum Gasteiger partial charge on any atom is -0.342 e. The van der Waals surface area contributed by atoms with Crippen LogP contribution >= 0.6 is 0 Å². The largest absolute Gasteiger partial charge is 0.342 e. The zero-order valence-corrected chi connectivity index (χ0v) is 10.9. The third-order valence-corrected chi connectivity index (χ3v) is 3.50. The number of aromatic amines is 1. The zero-order chi connectivity index (χ0) is 12.4. The maximum Gasteiger partial charge on any atom is 0.225 e. The second kappa shape index (κ2) is 4.90. The van der Waals surface area contributed by atoms with Crippen molar-refractivity contribution in [3.8, 4) is 0 Å². The minimum absolute atomic E-state index is 0.0941. The van der Waals surface area contributed by atoms with E-state index < -0.39 is 0 Å². The topological polar surface area (TPSA) is 49.0 Å². The maximum absolute atomic E-state index is 12.0. The van der Waals surface area contributed by atoms with E-state index in [1.54, 1.807) is 0 Å². The Morgan fingerprint density at radius 2 is 2.35 bits per heavy atom. The van der Waals surface area contributed by atoms with Gasteiger partial charge in [0.15, 0.2) is 0 Å². The van der Waals surface area contributed by atoms with Gasteiger partial charge >= 0.3 is 0 Å². The SMILES string of the molecule is Cc1cn[nH]c1C1CCCN(C(=O)C(C)C)C1. The molecule has 1 unspecified atom stereocenters. The van der Waals surface area contributed by atoms with Crippen molar-refractivity contribution < 1.29 is 4.79 Å². The van der Waals surface area contributed by atoms with Crippen LogP contribution in [0.3, 0.4) is 0 Å². The van der Waals surface area contributed by atoms with Crippen LogP contribution in [0.2, 0.25) is 0 Å². The Hall–Kier alpha value is -1.32. The van der Waals surface area contributed by atoms with E-state index in [9.17, 15) is 4.79 Å². The van der Waals surface area contributed by atoms with Crippen molar-refractivity contribution in [2.45, 2.75) is 39.5 Å². The zero-order valence-electron chi connectivity index (χ0n) is 10.9. The van der Waals surface area contributed by atoms with E-state index in [1.165, 1.54) is 11.3 Å². The Bertz CT molecular complexity index is 397. The van der Waals surface area contributed by atoms with E-state index in [0.717, 1.165) is 25.9 Å². The van der Waals surface area contributed by atoms with E-state index in [0.29, 0.717) is 5.92 Å². The maximum atomic E-state index is 12.0. The van der Waals surface area contributed by atoms with Crippen LogP contribution < -0.4 is 0 Å². The van der Waals surface area contributed by atoms with Crippen molar-refractivity contribution in [1.82, 2.24) is 15.1 Å². The van der Waals surface area contributed by atoms with Gasteiger partial charge in [-0.15, -0.1) is 0 Å². The van der Waals surface area contributed by atoms with E-state index in [4.69, 9.17) is 0 Å². The molecular formula is C13H21N3O. The smallest absolute Gasteiger partial charge is 0.225 e. The first-order valence-corrected chi connectivity index (χ1v) is 6.38. The van der Waals surface area contributed by atoms with E-state index in [1.807, 2.05) is 24.9 Å². The number of aryl methyl sites for hydroxylation is 1. The molecule has 0 aliphatic carbocycles. The van der Waals surface area contributed by atoms with Crippen molar-refractivity contribution in [3.05, 3.63) is 17.5 Å². The van der Waals surface area contributed by atoms with Gasteiger partial charge in [-0.1, -0.05) is 13.8 Å². The van der Waals surface area contributed by atoms with Gasteiger partial charge in [-0.2, -0.15) is 5.10 Å². The highest BCUT2D eigenvalue weighted by atomic mass is 16.2. The molecule has 0 radical (unpaired) electrons. The molecule has 0 aromatic carbocycles. The molecule has 2 heterocycles. The number of hydrogen-bond donors (Lipinski definition) is 1. The first-order valence-electron chi connectivity index (χ1n) is 6.38. The van der Waals surface area contributed by atoms with Crippen molar-refractivity contribution in [2.24, 2.45) is 5.92 Å². The van der Waals surface area contributed by atoms with Gasteiger partial charge in [-0.3, -0.25) is 9.89 Å². The summed E-state index contributed by atoms with van der Waals surface area (Å²) in [5, 5.41) is 7.15. The standard InChI is InChI=1S/C13H21N3O/c1-9(2)13(17)16-6-4-5-11(8-16)12-10(3)7-14-15-12/h7,9,11H,4-6,8H2,1-3H3,(H,14,15). The molecular weight excluding hydrogens is 214 g/mol. The molecule has 1 fully saturated rings. The highest BCUT2D eigenvalue weighted by Crippen LogP contribution is 2.27. The van der Waals surface area contributed by atoms with Crippen molar-refractivity contribution >= 4 is 5.91 Å². The third-order valence-electron chi connectivity index (χ3n) is 3.50. The van der Waals surface area contributed by atoms with Crippen LogP contribution in [0.4, 0.5) is 0 Å². The number of nitrogens with one attached hydrogen (secondary N) is 1. The molecule has 1 aliphatic heterocycles. The van der Waals surface area contributed by atoms with Gasteiger partial charge in [0.05, 0.1) is 6.20 Å². The number of piperidine rings is 1. The summed E-state index contributed by atoms with van der Waals surface area (Å²) < 4.78 is 0. The highest BCUT2D eigenvalue weighted by Gasteiger charge is 2.27. The lowest BCUT2D eigenvalue weighted by Gasteiger charge is -2.33. The highest BCUT2D eigenvalue weighted by molar-refractivity contribution is 5.78. The van der Waals surface area contributed by atoms with Crippen LogP contribution in [0, 0.1) is 12.8 Å². The molecule has 0 spiro atoms. The summed E-state index contributed by atoms with van der Waals surface area (Å²) in [7, 11) is 0. The minimum atomic E-state index is 0.0941. The van der Waals surface area contributed by atoms with Gasteiger partial charge in [0.2, 0.25) is 5.91 Å². The Labute approximate surface area is 102 Å². The molecule has 17 heavy (non-hydrogen) atoms.